The number of hydrogen-bond donors (Lipinski definition) is 0. The highest BCUT2D eigenvalue weighted by Crippen LogP contribution is 2.35. The summed E-state index contributed by atoms with van der Waals surface area (Å²) in [6, 6.07) is 18.7. The third kappa shape index (κ3) is 4.20. The standard InChI is InChI=1S/C22H25N3OS/c1-24(15-17-9-3-2-4-10-17)21(26)16-25-14-8-7-12-19(25)22-23-18-11-5-6-13-20(18)27-22/h2-6,9-11,13,19H,7-8,12,14-16H2,1H3/t19-/m1/s1. The number of rotatable bonds is 5. The third-order valence-corrected chi connectivity index (χ3v) is 6.37. The number of amides is 1. The largest absolute Gasteiger partial charge is 0.340 e. The normalized spacial score (nSPS) is 17.9. The van der Waals surface area contributed by atoms with Crippen LogP contribution < -0.4 is 0 Å². The lowest BCUT2D eigenvalue weighted by Gasteiger charge is -2.34. The molecule has 1 amide bonds. The summed E-state index contributed by atoms with van der Waals surface area (Å²) >= 11 is 1.77. The molecule has 4 nitrogen and oxygen atoms in total. The Kier molecular flexibility index (Phi) is 5.50. The molecule has 0 radical (unpaired) electrons. The van der Waals surface area contributed by atoms with E-state index in [-0.39, 0.29) is 11.9 Å². The predicted molar refractivity (Wildman–Crippen MR) is 111 cm³/mol. The number of carbonyl (C=O) groups is 1. The maximum atomic E-state index is 12.8. The smallest absolute Gasteiger partial charge is 0.236 e. The molecule has 1 saturated heterocycles. The number of fused-ring (bicyclic) bond motifs is 1. The van der Waals surface area contributed by atoms with E-state index in [1.165, 1.54) is 11.1 Å². The SMILES string of the molecule is CN(Cc1ccccc1)C(=O)CN1CCCC[C@@H]1c1nc2ccccc2s1. The summed E-state index contributed by atoms with van der Waals surface area (Å²) in [4.78, 5) is 21.8. The van der Waals surface area contributed by atoms with Gasteiger partial charge in [0.1, 0.15) is 5.01 Å². The molecule has 140 valence electrons. The predicted octanol–water partition coefficient (Wildman–Crippen LogP) is 4.48. The maximum absolute atomic E-state index is 12.8. The van der Waals surface area contributed by atoms with Gasteiger partial charge in [0.25, 0.3) is 0 Å². The van der Waals surface area contributed by atoms with E-state index in [0.29, 0.717) is 13.1 Å². The summed E-state index contributed by atoms with van der Waals surface area (Å²) in [7, 11) is 1.89. The Morgan fingerprint density at radius 2 is 1.93 bits per heavy atom. The second-order valence-corrected chi connectivity index (χ2v) is 8.30. The Labute approximate surface area is 164 Å². The molecule has 0 spiro atoms. The topological polar surface area (TPSA) is 36.4 Å². The van der Waals surface area contributed by atoms with E-state index in [9.17, 15) is 4.79 Å². The second kappa shape index (κ2) is 8.19. The molecule has 1 aliphatic heterocycles. The first-order valence-electron chi connectivity index (χ1n) is 9.58. The Hall–Kier alpha value is -2.24. The molecule has 1 aromatic heterocycles. The zero-order chi connectivity index (χ0) is 18.6. The number of para-hydroxylation sites is 1. The first-order valence-corrected chi connectivity index (χ1v) is 10.4. The van der Waals surface area contributed by atoms with Crippen molar-refractivity contribution < 1.29 is 4.79 Å². The number of thiazole rings is 1. The van der Waals surface area contributed by atoms with Gasteiger partial charge in [-0.15, -0.1) is 11.3 Å². The molecule has 2 heterocycles. The van der Waals surface area contributed by atoms with Crippen LogP contribution in [0.25, 0.3) is 10.2 Å². The van der Waals surface area contributed by atoms with Crippen molar-refractivity contribution in [2.24, 2.45) is 0 Å². The van der Waals surface area contributed by atoms with E-state index < -0.39 is 0 Å². The van der Waals surface area contributed by atoms with Gasteiger partial charge in [-0.2, -0.15) is 0 Å². The lowest BCUT2D eigenvalue weighted by molar-refractivity contribution is -0.132. The minimum atomic E-state index is 0.173. The average molecular weight is 380 g/mol. The van der Waals surface area contributed by atoms with Gasteiger partial charge in [0.2, 0.25) is 5.91 Å². The van der Waals surface area contributed by atoms with Crippen LogP contribution in [0.3, 0.4) is 0 Å². The minimum absolute atomic E-state index is 0.173. The van der Waals surface area contributed by atoms with Crippen molar-refractivity contribution in [3.63, 3.8) is 0 Å². The van der Waals surface area contributed by atoms with Crippen LogP contribution in [0, 0.1) is 0 Å². The maximum Gasteiger partial charge on any atom is 0.236 e. The summed E-state index contributed by atoms with van der Waals surface area (Å²) < 4.78 is 1.23. The van der Waals surface area contributed by atoms with Crippen molar-refractivity contribution in [2.45, 2.75) is 31.8 Å². The lowest BCUT2D eigenvalue weighted by Crippen LogP contribution is -2.42. The Morgan fingerprint density at radius 1 is 1.15 bits per heavy atom. The monoisotopic (exact) mass is 379 g/mol. The van der Waals surface area contributed by atoms with E-state index in [1.54, 1.807) is 11.3 Å². The fourth-order valence-corrected chi connectivity index (χ4v) is 4.87. The highest BCUT2D eigenvalue weighted by atomic mass is 32.1. The van der Waals surface area contributed by atoms with Crippen molar-refractivity contribution in [3.8, 4) is 0 Å². The van der Waals surface area contributed by atoms with E-state index >= 15 is 0 Å². The first-order chi connectivity index (χ1) is 13.2. The molecule has 5 heteroatoms. The van der Waals surface area contributed by atoms with Gasteiger partial charge in [0, 0.05) is 13.6 Å². The van der Waals surface area contributed by atoms with E-state index in [4.69, 9.17) is 4.98 Å². The molecule has 1 fully saturated rings. The molecule has 0 bridgehead atoms. The van der Waals surface area contributed by atoms with E-state index in [0.717, 1.165) is 35.5 Å². The molecule has 4 rings (SSSR count). The number of hydrogen-bond acceptors (Lipinski definition) is 4. The molecule has 0 N–H and O–H groups in total. The van der Waals surface area contributed by atoms with Crippen LogP contribution in [-0.4, -0.2) is 40.8 Å². The molecule has 3 aromatic rings. The molecular weight excluding hydrogens is 354 g/mol. The summed E-state index contributed by atoms with van der Waals surface area (Å²) in [5.74, 6) is 0.173. The summed E-state index contributed by atoms with van der Waals surface area (Å²) in [6.07, 6.45) is 3.43. The Bertz CT molecular complexity index is 875. The number of benzene rings is 2. The van der Waals surface area contributed by atoms with Gasteiger partial charge in [-0.25, -0.2) is 4.98 Å². The van der Waals surface area contributed by atoms with Crippen LogP contribution in [0.2, 0.25) is 0 Å². The molecule has 2 aromatic carbocycles. The molecule has 1 atom stereocenters. The van der Waals surface area contributed by atoms with Gasteiger partial charge >= 0.3 is 0 Å². The number of carbonyl (C=O) groups excluding carboxylic acids is 1. The number of piperidine rings is 1. The summed E-state index contributed by atoms with van der Waals surface area (Å²) in [5.41, 5.74) is 2.23. The van der Waals surface area contributed by atoms with Gasteiger partial charge < -0.3 is 4.90 Å². The molecular formula is C22H25N3OS. The van der Waals surface area contributed by atoms with Crippen molar-refractivity contribution in [1.82, 2.24) is 14.8 Å². The fourth-order valence-electron chi connectivity index (χ4n) is 3.73. The Morgan fingerprint density at radius 3 is 2.74 bits per heavy atom. The van der Waals surface area contributed by atoms with Crippen molar-refractivity contribution >= 4 is 27.5 Å². The van der Waals surface area contributed by atoms with Crippen LogP contribution in [0.15, 0.2) is 54.6 Å². The van der Waals surface area contributed by atoms with E-state index in [1.807, 2.05) is 36.2 Å². The number of likely N-dealkylation sites (tertiary alicyclic amines) is 1. The Balaban J connectivity index is 1.46. The van der Waals surface area contributed by atoms with E-state index in [2.05, 4.69) is 35.2 Å². The third-order valence-electron chi connectivity index (χ3n) is 5.24. The molecule has 0 aliphatic carbocycles. The van der Waals surface area contributed by atoms with Crippen LogP contribution in [-0.2, 0) is 11.3 Å². The van der Waals surface area contributed by atoms with Crippen molar-refractivity contribution in [2.75, 3.05) is 20.1 Å². The summed E-state index contributed by atoms with van der Waals surface area (Å²) in [6.45, 7) is 2.08. The molecule has 0 saturated carbocycles. The molecule has 27 heavy (non-hydrogen) atoms. The lowest BCUT2D eigenvalue weighted by atomic mass is 10.0. The van der Waals surface area contributed by atoms with Crippen LogP contribution in [0.1, 0.15) is 35.9 Å². The average Bonchev–Trinajstić information content (AvgIpc) is 3.13. The van der Waals surface area contributed by atoms with Crippen LogP contribution >= 0.6 is 11.3 Å². The fraction of sp³-hybridized carbons (Fsp3) is 0.364. The highest BCUT2D eigenvalue weighted by Gasteiger charge is 2.29. The van der Waals surface area contributed by atoms with Gasteiger partial charge in [-0.3, -0.25) is 9.69 Å². The summed E-state index contributed by atoms with van der Waals surface area (Å²) in [5, 5.41) is 1.15. The van der Waals surface area contributed by atoms with Crippen LogP contribution in [0.5, 0.6) is 0 Å². The van der Waals surface area contributed by atoms with Gasteiger partial charge in [-0.05, 0) is 37.1 Å². The zero-order valence-corrected chi connectivity index (χ0v) is 16.5. The minimum Gasteiger partial charge on any atom is -0.340 e. The van der Waals surface area contributed by atoms with Gasteiger partial charge in [0.05, 0.1) is 22.8 Å². The quantitative estimate of drug-likeness (QED) is 0.656. The zero-order valence-electron chi connectivity index (χ0n) is 15.7. The van der Waals surface area contributed by atoms with Gasteiger partial charge in [-0.1, -0.05) is 48.9 Å². The number of aromatic nitrogens is 1. The highest BCUT2D eigenvalue weighted by molar-refractivity contribution is 7.18. The molecule has 1 aliphatic rings. The van der Waals surface area contributed by atoms with Crippen molar-refractivity contribution in [3.05, 3.63) is 65.2 Å². The second-order valence-electron chi connectivity index (χ2n) is 7.24. The number of likely N-dealkylation sites (N-methyl/N-ethyl adjacent to an activating group) is 1. The van der Waals surface area contributed by atoms with Crippen LogP contribution in [0.4, 0.5) is 0 Å². The first kappa shape index (κ1) is 18.1. The number of nitrogens with zero attached hydrogens (tertiary/aromatic N) is 3. The molecule has 0 unspecified atom stereocenters. The van der Waals surface area contributed by atoms with Crippen molar-refractivity contribution in [1.29, 1.82) is 0 Å². The van der Waals surface area contributed by atoms with Gasteiger partial charge in [0.15, 0.2) is 0 Å².